The molecule has 1 fully saturated rings. The molecule has 0 unspecified atom stereocenters. The van der Waals surface area contributed by atoms with Crippen molar-refractivity contribution in [2.45, 2.75) is 18.3 Å². The van der Waals surface area contributed by atoms with E-state index in [1.165, 1.54) is 25.3 Å². The van der Waals surface area contributed by atoms with Crippen LogP contribution >= 0.6 is 15.9 Å². The monoisotopic (exact) mass is 391 g/mol. The molecule has 6 nitrogen and oxygen atoms in total. The lowest BCUT2D eigenvalue weighted by Gasteiger charge is -2.15. The molecule has 1 saturated carbocycles. The molecule has 1 aliphatic carbocycles. The van der Waals surface area contributed by atoms with Gasteiger partial charge in [0.05, 0.1) is 23.5 Å². The number of ether oxygens (including phenoxy) is 2. The van der Waals surface area contributed by atoms with Gasteiger partial charge in [-0.3, -0.25) is 14.9 Å². The standard InChI is InChI=1S/C17H14BrNO5/c1-23-13-5-6-15(14(10-13)19(21)22)24-16(20)17(7-8-17)11-3-2-4-12(18)9-11/h2-6,9-10H,7-8H2,1H3. The van der Waals surface area contributed by atoms with Gasteiger partial charge in [-0.05, 0) is 42.7 Å². The van der Waals surface area contributed by atoms with Crippen LogP contribution in [0.4, 0.5) is 5.69 Å². The largest absolute Gasteiger partial charge is 0.496 e. The van der Waals surface area contributed by atoms with Gasteiger partial charge in [0.1, 0.15) is 5.75 Å². The van der Waals surface area contributed by atoms with E-state index in [1.54, 1.807) is 0 Å². The Kier molecular flexibility index (Phi) is 4.28. The second-order valence-corrected chi connectivity index (χ2v) is 6.49. The summed E-state index contributed by atoms with van der Waals surface area (Å²) in [5.41, 5.74) is -0.178. The maximum absolute atomic E-state index is 12.6. The number of hydrogen-bond acceptors (Lipinski definition) is 5. The van der Waals surface area contributed by atoms with Crippen LogP contribution in [0.15, 0.2) is 46.9 Å². The highest BCUT2D eigenvalue weighted by Gasteiger charge is 2.53. The summed E-state index contributed by atoms with van der Waals surface area (Å²) < 4.78 is 11.2. The normalized spacial score (nSPS) is 14.8. The Labute approximate surface area is 146 Å². The van der Waals surface area contributed by atoms with E-state index in [0.29, 0.717) is 18.6 Å². The third kappa shape index (κ3) is 2.99. The molecule has 124 valence electrons. The maximum atomic E-state index is 12.6. The number of nitro benzene ring substituents is 1. The highest BCUT2D eigenvalue weighted by Crippen LogP contribution is 2.50. The second kappa shape index (κ2) is 6.24. The van der Waals surface area contributed by atoms with Crippen LogP contribution in [-0.4, -0.2) is 18.0 Å². The quantitative estimate of drug-likeness (QED) is 0.333. The SMILES string of the molecule is COc1ccc(OC(=O)C2(c3cccc(Br)c3)CC2)c([N+](=O)[O-])c1. The van der Waals surface area contributed by atoms with Crippen LogP contribution in [0, 0.1) is 10.1 Å². The number of hydrogen-bond donors (Lipinski definition) is 0. The zero-order valence-electron chi connectivity index (χ0n) is 12.8. The van der Waals surface area contributed by atoms with Crippen molar-refractivity contribution in [3.05, 3.63) is 62.6 Å². The number of nitrogens with zero attached hydrogens (tertiary/aromatic N) is 1. The molecular weight excluding hydrogens is 378 g/mol. The van der Waals surface area contributed by atoms with Crippen LogP contribution in [0.3, 0.4) is 0 Å². The van der Waals surface area contributed by atoms with Crippen LogP contribution in [0.1, 0.15) is 18.4 Å². The molecule has 0 radical (unpaired) electrons. The Morgan fingerprint density at radius 3 is 2.58 bits per heavy atom. The van der Waals surface area contributed by atoms with Crippen LogP contribution in [0.2, 0.25) is 0 Å². The molecule has 0 saturated heterocycles. The Balaban J connectivity index is 1.89. The minimum Gasteiger partial charge on any atom is -0.496 e. The van der Waals surface area contributed by atoms with E-state index in [-0.39, 0.29) is 11.4 Å². The fourth-order valence-electron chi connectivity index (χ4n) is 2.57. The molecule has 0 N–H and O–H groups in total. The van der Waals surface area contributed by atoms with E-state index in [0.717, 1.165) is 10.0 Å². The first kappa shape index (κ1) is 16.4. The predicted octanol–water partition coefficient (Wildman–Crippen LogP) is 4.00. The lowest BCUT2D eigenvalue weighted by Crippen LogP contribution is -2.26. The third-order valence-corrected chi connectivity index (χ3v) is 4.58. The number of benzene rings is 2. The Morgan fingerprint density at radius 2 is 2.00 bits per heavy atom. The molecular formula is C17H14BrNO5. The Hall–Kier alpha value is -2.41. The summed E-state index contributed by atoms with van der Waals surface area (Å²) in [5.74, 6) is -0.226. The van der Waals surface area contributed by atoms with Gasteiger partial charge >= 0.3 is 11.7 Å². The number of carbonyl (C=O) groups is 1. The molecule has 0 bridgehead atoms. The Bertz CT molecular complexity index is 816. The van der Waals surface area contributed by atoms with Gasteiger partial charge in [-0.2, -0.15) is 0 Å². The third-order valence-electron chi connectivity index (χ3n) is 4.08. The highest BCUT2D eigenvalue weighted by molar-refractivity contribution is 9.10. The van der Waals surface area contributed by atoms with Crippen molar-refractivity contribution >= 4 is 27.6 Å². The van der Waals surface area contributed by atoms with Gasteiger partial charge in [-0.25, -0.2) is 0 Å². The van der Waals surface area contributed by atoms with E-state index in [1.807, 2.05) is 24.3 Å². The minimum absolute atomic E-state index is 0.0768. The summed E-state index contributed by atoms with van der Waals surface area (Å²) in [6, 6.07) is 11.6. The van der Waals surface area contributed by atoms with Crippen molar-refractivity contribution in [3.63, 3.8) is 0 Å². The molecule has 2 aromatic rings. The lowest BCUT2D eigenvalue weighted by atomic mass is 9.96. The van der Waals surface area contributed by atoms with Crippen LogP contribution in [-0.2, 0) is 10.2 Å². The molecule has 0 aromatic heterocycles. The average Bonchev–Trinajstić information content (AvgIpc) is 3.37. The van der Waals surface area contributed by atoms with Crippen LogP contribution in [0.5, 0.6) is 11.5 Å². The number of carbonyl (C=O) groups excluding carboxylic acids is 1. The van der Waals surface area contributed by atoms with Gasteiger partial charge in [0.2, 0.25) is 5.75 Å². The summed E-state index contributed by atoms with van der Waals surface area (Å²) in [6.07, 6.45) is 1.32. The molecule has 2 aromatic carbocycles. The van der Waals surface area contributed by atoms with E-state index in [2.05, 4.69) is 15.9 Å². The Morgan fingerprint density at radius 1 is 1.25 bits per heavy atom. The first-order valence-electron chi connectivity index (χ1n) is 7.27. The topological polar surface area (TPSA) is 78.7 Å². The molecule has 24 heavy (non-hydrogen) atoms. The van der Waals surface area contributed by atoms with Gasteiger partial charge in [-0.15, -0.1) is 0 Å². The molecule has 7 heteroatoms. The fraction of sp³-hybridized carbons (Fsp3) is 0.235. The first-order chi connectivity index (χ1) is 11.5. The van der Waals surface area contributed by atoms with Gasteiger partial charge < -0.3 is 9.47 Å². The molecule has 0 atom stereocenters. The molecule has 0 spiro atoms. The number of halogens is 1. The molecule has 1 aliphatic rings. The van der Waals surface area contributed by atoms with E-state index >= 15 is 0 Å². The lowest BCUT2D eigenvalue weighted by molar-refractivity contribution is -0.385. The zero-order valence-corrected chi connectivity index (χ0v) is 14.4. The van der Waals surface area contributed by atoms with Gasteiger partial charge in [-0.1, -0.05) is 28.1 Å². The highest BCUT2D eigenvalue weighted by atomic mass is 79.9. The zero-order chi connectivity index (χ0) is 17.3. The van der Waals surface area contributed by atoms with E-state index in [9.17, 15) is 14.9 Å². The summed E-state index contributed by atoms with van der Waals surface area (Å²) in [5, 5.41) is 11.2. The van der Waals surface area contributed by atoms with Crippen LogP contribution in [0.25, 0.3) is 0 Å². The van der Waals surface area contributed by atoms with E-state index < -0.39 is 16.3 Å². The number of esters is 1. The predicted molar refractivity (Wildman–Crippen MR) is 90.3 cm³/mol. The van der Waals surface area contributed by atoms with Crippen molar-refractivity contribution in [2.24, 2.45) is 0 Å². The first-order valence-corrected chi connectivity index (χ1v) is 8.06. The molecule has 0 heterocycles. The van der Waals surface area contributed by atoms with Gasteiger partial charge in [0.15, 0.2) is 0 Å². The van der Waals surface area contributed by atoms with Crippen molar-refractivity contribution in [1.82, 2.24) is 0 Å². The summed E-state index contributed by atoms with van der Waals surface area (Å²) in [4.78, 5) is 23.3. The fourth-order valence-corrected chi connectivity index (χ4v) is 2.97. The van der Waals surface area contributed by atoms with Crippen molar-refractivity contribution < 1.29 is 19.2 Å². The molecule has 0 aliphatic heterocycles. The molecule has 0 amide bonds. The van der Waals surface area contributed by atoms with E-state index in [4.69, 9.17) is 9.47 Å². The summed E-state index contributed by atoms with van der Waals surface area (Å²) in [7, 11) is 1.41. The molecule has 3 rings (SSSR count). The second-order valence-electron chi connectivity index (χ2n) is 5.57. The number of nitro groups is 1. The van der Waals surface area contributed by atoms with Gasteiger partial charge in [0, 0.05) is 4.47 Å². The summed E-state index contributed by atoms with van der Waals surface area (Å²) in [6.45, 7) is 0. The number of methoxy groups -OCH3 is 1. The smallest absolute Gasteiger partial charge is 0.322 e. The number of rotatable bonds is 5. The van der Waals surface area contributed by atoms with Crippen molar-refractivity contribution in [2.75, 3.05) is 7.11 Å². The average molecular weight is 392 g/mol. The minimum atomic E-state index is -0.725. The van der Waals surface area contributed by atoms with Crippen molar-refractivity contribution in [3.8, 4) is 11.5 Å². The summed E-state index contributed by atoms with van der Waals surface area (Å²) >= 11 is 3.39. The van der Waals surface area contributed by atoms with Crippen molar-refractivity contribution in [1.29, 1.82) is 0 Å². The maximum Gasteiger partial charge on any atom is 0.322 e. The van der Waals surface area contributed by atoms with Gasteiger partial charge in [0.25, 0.3) is 0 Å². The van der Waals surface area contributed by atoms with Crippen LogP contribution < -0.4 is 9.47 Å².